The van der Waals surface area contributed by atoms with Crippen LogP contribution in [0.15, 0.2) is 18.2 Å². The number of piperidine rings is 1. The molecule has 0 aliphatic carbocycles. The van der Waals surface area contributed by atoms with Gasteiger partial charge in [0.15, 0.2) is 11.5 Å². The van der Waals surface area contributed by atoms with Crippen molar-refractivity contribution in [3.63, 3.8) is 0 Å². The minimum absolute atomic E-state index is 0.0417. The fraction of sp³-hybridized carbons (Fsp3) is 0.579. The van der Waals surface area contributed by atoms with Crippen molar-refractivity contribution in [2.45, 2.75) is 12.8 Å². The molecule has 1 aromatic carbocycles. The van der Waals surface area contributed by atoms with E-state index in [-0.39, 0.29) is 17.7 Å². The predicted octanol–water partition coefficient (Wildman–Crippen LogP) is 0.988. The molecule has 2 aliphatic rings. The van der Waals surface area contributed by atoms with E-state index in [4.69, 9.17) is 9.47 Å². The molecule has 2 amide bonds. The van der Waals surface area contributed by atoms with Gasteiger partial charge in [-0.05, 0) is 44.1 Å². The predicted molar refractivity (Wildman–Crippen MR) is 97.6 cm³/mol. The van der Waals surface area contributed by atoms with Crippen LogP contribution in [0.3, 0.4) is 0 Å². The van der Waals surface area contributed by atoms with Crippen LogP contribution in [0.1, 0.15) is 23.2 Å². The van der Waals surface area contributed by atoms with Crippen LogP contribution in [0.4, 0.5) is 0 Å². The Hall–Kier alpha value is -2.28. The third kappa shape index (κ3) is 3.93. The molecule has 142 valence electrons. The topological polar surface area (TPSA) is 71.1 Å². The molecule has 2 fully saturated rings. The summed E-state index contributed by atoms with van der Waals surface area (Å²) in [4.78, 5) is 29.1. The normalized spacial score (nSPS) is 18.5. The Balaban J connectivity index is 1.59. The number of piperazine rings is 1. The Morgan fingerprint density at radius 1 is 0.962 bits per heavy atom. The lowest BCUT2D eigenvalue weighted by Crippen LogP contribution is -2.52. The summed E-state index contributed by atoms with van der Waals surface area (Å²) in [6.45, 7) is 4.14. The number of benzene rings is 1. The Bertz CT molecular complexity index is 650. The van der Waals surface area contributed by atoms with E-state index in [1.165, 1.54) is 0 Å². The third-order valence-electron chi connectivity index (χ3n) is 5.20. The molecule has 0 spiro atoms. The standard InChI is InChI=1S/C19H27N3O4/c1-25-16-4-3-15(13-17(16)26-2)19(24)22-11-9-21(10-12-22)18(23)14-5-7-20-8-6-14/h3-4,13-14,20H,5-12H2,1-2H3. The Labute approximate surface area is 154 Å². The van der Waals surface area contributed by atoms with Gasteiger partial charge < -0.3 is 24.6 Å². The molecule has 1 aromatic rings. The van der Waals surface area contributed by atoms with Crippen LogP contribution >= 0.6 is 0 Å². The van der Waals surface area contributed by atoms with E-state index in [0.29, 0.717) is 43.2 Å². The van der Waals surface area contributed by atoms with Crippen molar-refractivity contribution < 1.29 is 19.1 Å². The van der Waals surface area contributed by atoms with Crippen molar-refractivity contribution in [1.82, 2.24) is 15.1 Å². The average Bonchev–Trinajstić information content (AvgIpc) is 2.73. The van der Waals surface area contributed by atoms with Gasteiger partial charge in [-0.1, -0.05) is 0 Å². The monoisotopic (exact) mass is 361 g/mol. The first-order valence-electron chi connectivity index (χ1n) is 9.15. The highest BCUT2D eigenvalue weighted by Gasteiger charge is 2.30. The number of hydrogen-bond acceptors (Lipinski definition) is 5. The third-order valence-corrected chi connectivity index (χ3v) is 5.20. The number of amides is 2. The fourth-order valence-corrected chi connectivity index (χ4v) is 3.61. The van der Waals surface area contributed by atoms with E-state index in [1.54, 1.807) is 37.3 Å². The number of carbonyl (C=O) groups excluding carboxylic acids is 2. The van der Waals surface area contributed by atoms with E-state index < -0.39 is 0 Å². The van der Waals surface area contributed by atoms with Crippen LogP contribution in [0, 0.1) is 5.92 Å². The fourth-order valence-electron chi connectivity index (χ4n) is 3.61. The molecule has 1 N–H and O–H groups in total. The van der Waals surface area contributed by atoms with Crippen LogP contribution in [-0.2, 0) is 4.79 Å². The zero-order valence-electron chi connectivity index (χ0n) is 15.5. The number of nitrogens with zero attached hydrogens (tertiary/aromatic N) is 2. The zero-order valence-corrected chi connectivity index (χ0v) is 15.5. The lowest BCUT2D eigenvalue weighted by atomic mass is 9.96. The maximum atomic E-state index is 12.8. The summed E-state index contributed by atoms with van der Waals surface area (Å²) < 4.78 is 10.5. The maximum Gasteiger partial charge on any atom is 0.254 e. The van der Waals surface area contributed by atoms with Crippen LogP contribution in [0.2, 0.25) is 0 Å². The highest BCUT2D eigenvalue weighted by atomic mass is 16.5. The van der Waals surface area contributed by atoms with Crippen LogP contribution in [-0.4, -0.2) is 75.1 Å². The van der Waals surface area contributed by atoms with Crippen LogP contribution < -0.4 is 14.8 Å². The number of nitrogens with one attached hydrogen (secondary N) is 1. The second-order valence-electron chi connectivity index (χ2n) is 6.71. The number of carbonyl (C=O) groups is 2. The van der Waals surface area contributed by atoms with Crippen molar-refractivity contribution in [3.8, 4) is 11.5 Å². The largest absolute Gasteiger partial charge is 0.493 e. The molecular formula is C19H27N3O4. The van der Waals surface area contributed by atoms with Gasteiger partial charge in [-0.2, -0.15) is 0 Å². The number of ether oxygens (including phenoxy) is 2. The molecule has 7 nitrogen and oxygen atoms in total. The van der Waals surface area contributed by atoms with Crippen LogP contribution in [0.25, 0.3) is 0 Å². The van der Waals surface area contributed by atoms with E-state index in [0.717, 1.165) is 25.9 Å². The Kier molecular flexibility index (Phi) is 5.98. The van der Waals surface area contributed by atoms with Gasteiger partial charge in [0, 0.05) is 37.7 Å². The highest BCUT2D eigenvalue weighted by molar-refractivity contribution is 5.95. The molecule has 2 aliphatic heterocycles. The summed E-state index contributed by atoms with van der Waals surface area (Å²) in [5.74, 6) is 1.47. The van der Waals surface area contributed by atoms with Gasteiger partial charge in [0.25, 0.3) is 5.91 Å². The highest BCUT2D eigenvalue weighted by Crippen LogP contribution is 2.28. The lowest BCUT2D eigenvalue weighted by molar-refractivity contribution is -0.137. The average molecular weight is 361 g/mol. The van der Waals surface area contributed by atoms with E-state index in [9.17, 15) is 9.59 Å². The molecule has 0 atom stereocenters. The second-order valence-corrected chi connectivity index (χ2v) is 6.71. The molecule has 0 aromatic heterocycles. The van der Waals surface area contributed by atoms with Gasteiger partial charge in [-0.15, -0.1) is 0 Å². The lowest BCUT2D eigenvalue weighted by Gasteiger charge is -2.37. The minimum atomic E-state index is -0.0417. The minimum Gasteiger partial charge on any atom is -0.493 e. The molecule has 2 saturated heterocycles. The second kappa shape index (κ2) is 8.40. The van der Waals surface area contributed by atoms with Crippen molar-refractivity contribution in [2.75, 3.05) is 53.5 Å². The molecule has 2 heterocycles. The first-order valence-corrected chi connectivity index (χ1v) is 9.15. The summed E-state index contributed by atoms with van der Waals surface area (Å²) in [6, 6.07) is 5.19. The van der Waals surface area contributed by atoms with Crippen molar-refractivity contribution in [2.24, 2.45) is 5.92 Å². The molecule has 26 heavy (non-hydrogen) atoms. The molecular weight excluding hydrogens is 334 g/mol. The molecule has 0 unspecified atom stereocenters. The molecule has 0 saturated carbocycles. The first kappa shape index (κ1) is 18.5. The van der Waals surface area contributed by atoms with Crippen molar-refractivity contribution in [3.05, 3.63) is 23.8 Å². The van der Waals surface area contributed by atoms with E-state index >= 15 is 0 Å². The number of hydrogen-bond donors (Lipinski definition) is 1. The summed E-state index contributed by atoms with van der Waals surface area (Å²) in [7, 11) is 3.12. The zero-order chi connectivity index (χ0) is 18.5. The van der Waals surface area contributed by atoms with Gasteiger partial charge in [0.05, 0.1) is 14.2 Å². The molecule has 0 radical (unpaired) electrons. The van der Waals surface area contributed by atoms with Crippen LogP contribution in [0.5, 0.6) is 11.5 Å². The van der Waals surface area contributed by atoms with Gasteiger partial charge in [-0.25, -0.2) is 0 Å². The smallest absolute Gasteiger partial charge is 0.254 e. The summed E-state index contributed by atoms with van der Waals surface area (Å²) >= 11 is 0. The molecule has 7 heteroatoms. The quantitative estimate of drug-likeness (QED) is 0.866. The first-order chi connectivity index (χ1) is 12.6. The van der Waals surface area contributed by atoms with Crippen molar-refractivity contribution >= 4 is 11.8 Å². The maximum absolute atomic E-state index is 12.8. The van der Waals surface area contributed by atoms with Crippen molar-refractivity contribution in [1.29, 1.82) is 0 Å². The van der Waals surface area contributed by atoms with Gasteiger partial charge in [-0.3, -0.25) is 9.59 Å². The molecule has 3 rings (SSSR count). The summed E-state index contributed by atoms with van der Waals surface area (Å²) in [5.41, 5.74) is 0.570. The number of methoxy groups -OCH3 is 2. The van der Waals surface area contributed by atoms with Gasteiger partial charge in [0.1, 0.15) is 0 Å². The van der Waals surface area contributed by atoms with Gasteiger partial charge >= 0.3 is 0 Å². The Morgan fingerprint density at radius 3 is 2.19 bits per heavy atom. The summed E-state index contributed by atoms with van der Waals surface area (Å²) in [6.07, 6.45) is 1.81. The van der Waals surface area contributed by atoms with Gasteiger partial charge in [0.2, 0.25) is 5.91 Å². The number of rotatable bonds is 4. The Morgan fingerprint density at radius 2 is 1.58 bits per heavy atom. The van der Waals surface area contributed by atoms with E-state index in [2.05, 4.69) is 5.32 Å². The molecule has 0 bridgehead atoms. The van der Waals surface area contributed by atoms with E-state index in [1.807, 2.05) is 4.90 Å². The summed E-state index contributed by atoms with van der Waals surface area (Å²) in [5, 5.41) is 3.29. The SMILES string of the molecule is COc1ccc(C(=O)N2CCN(C(=O)C3CCNCC3)CC2)cc1OC.